The molecule has 1 heterocycles. The Morgan fingerprint density at radius 2 is 1.94 bits per heavy atom. The summed E-state index contributed by atoms with van der Waals surface area (Å²) in [4.78, 5) is 10.7. The molecule has 2 aromatic rings. The van der Waals surface area contributed by atoms with E-state index >= 15 is 0 Å². The van der Waals surface area contributed by atoms with Crippen molar-refractivity contribution >= 4 is 12.0 Å². The Morgan fingerprint density at radius 3 is 2.56 bits per heavy atom. The molecule has 0 saturated heterocycles. The quantitative estimate of drug-likeness (QED) is 0.660. The van der Waals surface area contributed by atoms with Crippen LogP contribution in [0.15, 0.2) is 52.5 Å². The first-order valence-electron chi connectivity index (χ1n) is 5.21. The van der Waals surface area contributed by atoms with Crippen LogP contribution in [0.1, 0.15) is 5.76 Å². The Balaban J connectivity index is 2.33. The molecule has 0 aliphatic heterocycles. The maximum atomic E-state index is 10.7. The maximum Gasteiger partial charge on any atom is 0.346 e. The molecule has 0 radical (unpaired) electrons. The Bertz CT molecular complexity index is 633. The van der Waals surface area contributed by atoms with Crippen molar-refractivity contribution in [3.63, 3.8) is 0 Å². The first-order chi connectivity index (χ1) is 8.70. The van der Waals surface area contributed by atoms with E-state index in [2.05, 4.69) is 0 Å². The first-order valence-corrected chi connectivity index (χ1v) is 5.21. The lowest BCUT2D eigenvalue weighted by atomic mass is 10.2. The highest BCUT2D eigenvalue weighted by Crippen LogP contribution is 2.22. The average molecular weight is 239 g/mol. The minimum Gasteiger partial charge on any atom is -0.477 e. The number of carboxylic acids is 1. The predicted molar refractivity (Wildman–Crippen MR) is 65.4 cm³/mol. The number of hydrogen-bond donors (Lipinski definition) is 1. The smallest absolute Gasteiger partial charge is 0.346 e. The second kappa shape index (κ2) is 5.02. The molecule has 0 aliphatic carbocycles. The van der Waals surface area contributed by atoms with Crippen molar-refractivity contribution in [2.75, 3.05) is 0 Å². The maximum absolute atomic E-state index is 10.7. The van der Waals surface area contributed by atoms with Gasteiger partial charge in [0, 0.05) is 11.6 Å². The first kappa shape index (κ1) is 11.7. The van der Waals surface area contributed by atoms with Gasteiger partial charge in [-0.15, -0.1) is 0 Å². The summed E-state index contributed by atoms with van der Waals surface area (Å²) in [6.07, 6.45) is 1.20. The lowest BCUT2D eigenvalue weighted by Crippen LogP contribution is -1.96. The van der Waals surface area contributed by atoms with Crippen LogP contribution in [0.5, 0.6) is 0 Å². The summed E-state index contributed by atoms with van der Waals surface area (Å²) in [6.45, 7) is 0. The highest BCUT2D eigenvalue weighted by molar-refractivity contribution is 5.96. The van der Waals surface area contributed by atoms with E-state index in [1.54, 1.807) is 18.2 Å². The fourth-order valence-electron chi connectivity index (χ4n) is 1.47. The van der Waals surface area contributed by atoms with Crippen LogP contribution < -0.4 is 0 Å². The van der Waals surface area contributed by atoms with Gasteiger partial charge in [-0.25, -0.2) is 4.79 Å². The molecule has 0 atom stereocenters. The van der Waals surface area contributed by atoms with E-state index in [0.29, 0.717) is 11.5 Å². The van der Waals surface area contributed by atoms with Crippen molar-refractivity contribution in [1.29, 1.82) is 5.26 Å². The fourth-order valence-corrected chi connectivity index (χ4v) is 1.47. The van der Waals surface area contributed by atoms with Crippen LogP contribution in [0.3, 0.4) is 0 Å². The topological polar surface area (TPSA) is 74.2 Å². The van der Waals surface area contributed by atoms with Gasteiger partial charge in [-0.3, -0.25) is 0 Å². The Kier molecular flexibility index (Phi) is 3.26. The van der Waals surface area contributed by atoms with E-state index in [9.17, 15) is 4.79 Å². The second-order valence-corrected chi connectivity index (χ2v) is 3.54. The Hall–Kier alpha value is -2.80. The molecule has 0 amide bonds. The number of benzene rings is 1. The van der Waals surface area contributed by atoms with E-state index in [-0.39, 0.29) is 5.57 Å². The van der Waals surface area contributed by atoms with Crippen LogP contribution in [0, 0.1) is 11.3 Å². The third-order valence-corrected chi connectivity index (χ3v) is 2.32. The molecule has 0 unspecified atom stereocenters. The van der Waals surface area contributed by atoms with Crippen molar-refractivity contribution < 1.29 is 14.3 Å². The zero-order chi connectivity index (χ0) is 13.0. The van der Waals surface area contributed by atoms with E-state index in [1.807, 2.05) is 30.3 Å². The van der Waals surface area contributed by atoms with Crippen LogP contribution >= 0.6 is 0 Å². The number of aliphatic carboxylic acids is 1. The Labute approximate surface area is 103 Å². The normalized spacial score (nSPS) is 10.9. The molecule has 0 bridgehead atoms. The molecule has 0 spiro atoms. The molecular formula is C14H9NO3. The minimum atomic E-state index is -1.27. The summed E-state index contributed by atoms with van der Waals surface area (Å²) >= 11 is 0. The summed E-state index contributed by atoms with van der Waals surface area (Å²) in [7, 11) is 0. The monoisotopic (exact) mass is 239 g/mol. The van der Waals surface area contributed by atoms with Crippen LogP contribution in [-0.2, 0) is 4.79 Å². The zero-order valence-electron chi connectivity index (χ0n) is 9.33. The number of carboxylic acid groups (broad SMARTS) is 1. The van der Waals surface area contributed by atoms with Gasteiger partial charge in [0.25, 0.3) is 0 Å². The summed E-state index contributed by atoms with van der Waals surface area (Å²) in [5.41, 5.74) is 0.537. The van der Waals surface area contributed by atoms with Crippen LogP contribution in [0.25, 0.3) is 17.4 Å². The number of rotatable bonds is 3. The fraction of sp³-hybridized carbons (Fsp3) is 0. The van der Waals surface area contributed by atoms with Gasteiger partial charge in [-0.1, -0.05) is 30.3 Å². The summed E-state index contributed by atoms with van der Waals surface area (Å²) in [6, 6.07) is 14.4. The highest BCUT2D eigenvalue weighted by Gasteiger charge is 2.08. The zero-order valence-corrected chi connectivity index (χ0v) is 9.33. The molecule has 4 nitrogen and oxygen atoms in total. The molecule has 1 aromatic heterocycles. The molecule has 4 heteroatoms. The van der Waals surface area contributed by atoms with Crippen molar-refractivity contribution in [3.05, 3.63) is 53.8 Å². The van der Waals surface area contributed by atoms with Crippen molar-refractivity contribution in [3.8, 4) is 17.4 Å². The Morgan fingerprint density at radius 1 is 1.22 bits per heavy atom. The van der Waals surface area contributed by atoms with Crippen molar-refractivity contribution in [2.24, 2.45) is 0 Å². The summed E-state index contributed by atoms with van der Waals surface area (Å²) < 4.78 is 5.46. The summed E-state index contributed by atoms with van der Waals surface area (Å²) in [5, 5.41) is 17.4. The van der Waals surface area contributed by atoms with Crippen molar-refractivity contribution in [1.82, 2.24) is 0 Å². The standard InChI is InChI=1S/C14H9NO3/c15-9-11(14(16)17)8-12-6-7-13(18-12)10-4-2-1-3-5-10/h1-8H,(H,16,17)/b11-8-. The van der Waals surface area contributed by atoms with Crippen LogP contribution in [0.4, 0.5) is 0 Å². The molecule has 0 saturated carbocycles. The van der Waals surface area contributed by atoms with Crippen LogP contribution in [-0.4, -0.2) is 11.1 Å². The lowest BCUT2D eigenvalue weighted by Gasteiger charge is -1.94. The lowest BCUT2D eigenvalue weighted by molar-refractivity contribution is -0.132. The van der Waals surface area contributed by atoms with E-state index in [0.717, 1.165) is 5.56 Å². The number of furan rings is 1. The highest BCUT2D eigenvalue weighted by atomic mass is 16.4. The SMILES string of the molecule is N#C/C(=C/c1ccc(-c2ccccc2)o1)C(=O)O. The van der Waals surface area contributed by atoms with Gasteiger partial charge in [-0.2, -0.15) is 5.26 Å². The van der Waals surface area contributed by atoms with E-state index in [1.165, 1.54) is 6.08 Å². The molecule has 88 valence electrons. The van der Waals surface area contributed by atoms with Gasteiger partial charge < -0.3 is 9.52 Å². The molecule has 0 aliphatic rings. The number of nitriles is 1. The van der Waals surface area contributed by atoms with Crippen LogP contribution in [0.2, 0.25) is 0 Å². The minimum absolute atomic E-state index is 0.341. The van der Waals surface area contributed by atoms with Gasteiger partial charge in [0.2, 0.25) is 0 Å². The van der Waals surface area contributed by atoms with E-state index < -0.39 is 5.97 Å². The molecular weight excluding hydrogens is 230 g/mol. The van der Waals surface area contributed by atoms with Gasteiger partial charge in [0.15, 0.2) is 0 Å². The molecule has 18 heavy (non-hydrogen) atoms. The molecule has 1 aromatic carbocycles. The average Bonchev–Trinajstić information content (AvgIpc) is 2.85. The molecule has 0 fully saturated rings. The van der Waals surface area contributed by atoms with Crippen molar-refractivity contribution in [2.45, 2.75) is 0 Å². The largest absolute Gasteiger partial charge is 0.477 e. The number of hydrogen-bond acceptors (Lipinski definition) is 3. The van der Waals surface area contributed by atoms with Gasteiger partial charge in [-0.05, 0) is 12.1 Å². The third-order valence-electron chi connectivity index (χ3n) is 2.32. The molecule has 1 N–H and O–H groups in total. The van der Waals surface area contributed by atoms with Gasteiger partial charge in [0.1, 0.15) is 23.2 Å². The van der Waals surface area contributed by atoms with E-state index in [4.69, 9.17) is 14.8 Å². The number of nitrogens with zero attached hydrogens (tertiary/aromatic N) is 1. The summed E-state index contributed by atoms with van der Waals surface area (Å²) in [5.74, 6) is -0.299. The van der Waals surface area contributed by atoms with Gasteiger partial charge in [0.05, 0.1) is 0 Å². The predicted octanol–water partition coefficient (Wildman–Crippen LogP) is 2.94. The van der Waals surface area contributed by atoms with Gasteiger partial charge >= 0.3 is 5.97 Å². The molecule has 2 rings (SSSR count). The second-order valence-electron chi connectivity index (χ2n) is 3.54. The third kappa shape index (κ3) is 2.47. The number of carbonyl (C=O) groups is 1.